The van der Waals surface area contributed by atoms with Crippen LogP contribution in [-0.2, 0) is 17.7 Å². The molecule has 2 aliphatic heterocycles. The number of fused-ring (bicyclic) bond motifs is 1. The molecule has 2 aromatic carbocycles. The third kappa shape index (κ3) is 4.20. The predicted molar refractivity (Wildman–Crippen MR) is 106 cm³/mol. The van der Waals surface area contributed by atoms with Gasteiger partial charge in [0.2, 0.25) is 0 Å². The van der Waals surface area contributed by atoms with Crippen molar-refractivity contribution < 1.29 is 13.9 Å². The van der Waals surface area contributed by atoms with Gasteiger partial charge in [0.15, 0.2) is 0 Å². The van der Waals surface area contributed by atoms with Gasteiger partial charge in [-0.1, -0.05) is 42.5 Å². The Morgan fingerprint density at radius 2 is 1.68 bits per heavy atom. The largest absolute Gasteiger partial charge is 0.446 e. The molecule has 0 N–H and O–H groups in total. The summed E-state index contributed by atoms with van der Waals surface area (Å²) in [6.45, 7) is 3.79. The van der Waals surface area contributed by atoms with Crippen LogP contribution in [0.1, 0.15) is 24.0 Å². The summed E-state index contributed by atoms with van der Waals surface area (Å²) in [6.07, 6.45) is 3.05. The number of amides is 1. The molecule has 28 heavy (non-hydrogen) atoms. The van der Waals surface area contributed by atoms with Crippen LogP contribution >= 0.6 is 0 Å². The summed E-state index contributed by atoms with van der Waals surface area (Å²) in [6, 6.07) is 16.3. The lowest BCUT2D eigenvalue weighted by Crippen LogP contribution is -2.63. The molecule has 1 spiro atoms. The van der Waals surface area contributed by atoms with E-state index < -0.39 is 0 Å². The Bertz CT molecular complexity index is 812. The van der Waals surface area contributed by atoms with Crippen molar-refractivity contribution in [1.82, 2.24) is 9.80 Å². The van der Waals surface area contributed by atoms with E-state index in [1.54, 1.807) is 18.2 Å². The average Bonchev–Trinajstić information content (AvgIpc) is 2.66. The molecule has 2 fully saturated rings. The third-order valence-electron chi connectivity index (χ3n) is 5.92. The summed E-state index contributed by atoms with van der Waals surface area (Å²) in [5, 5.41) is 0. The molecule has 2 heterocycles. The summed E-state index contributed by atoms with van der Waals surface area (Å²) in [5.41, 5.74) is 3.09. The maximum absolute atomic E-state index is 12.3. The number of benzene rings is 2. The molecule has 0 radical (unpaired) electrons. The van der Waals surface area contributed by atoms with Gasteiger partial charge >= 0.3 is 6.09 Å². The van der Waals surface area contributed by atoms with E-state index in [0.717, 1.165) is 38.9 Å². The summed E-state index contributed by atoms with van der Waals surface area (Å²) in [7, 11) is 2.15. The van der Waals surface area contributed by atoms with Gasteiger partial charge in [-0.15, -0.1) is 0 Å². The van der Waals surface area contributed by atoms with Crippen molar-refractivity contribution >= 4 is 6.09 Å². The Balaban J connectivity index is 0.000000233. The molecule has 0 unspecified atom stereocenters. The number of ether oxygens (including phenoxy) is 1. The van der Waals surface area contributed by atoms with Crippen molar-refractivity contribution in [2.45, 2.75) is 31.9 Å². The number of halogens is 1. The highest BCUT2D eigenvalue weighted by molar-refractivity contribution is 5.68. The Labute approximate surface area is 165 Å². The van der Waals surface area contributed by atoms with Crippen molar-refractivity contribution in [2.75, 3.05) is 26.7 Å². The first-order valence-corrected chi connectivity index (χ1v) is 9.94. The highest BCUT2D eigenvalue weighted by atomic mass is 19.1. The smallest absolute Gasteiger partial charge is 0.410 e. The summed E-state index contributed by atoms with van der Waals surface area (Å²) in [5.74, 6) is -0.178. The number of hydrogen-bond acceptors (Lipinski definition) is 3. The molecule has 148 valence electrons. The summed E-state index contributed by atoms with van der Waals surface area (Å²) < 4.78 is 17.6. The van der Waals surface area contributed by atoms with Gasteiger partial charge in [-0.25, -0.2) is 9.18 Å². The lowest BCUT2D eigenvalue weighted by Gasteiger charge is -2.57. The van der Waals surface area contributed by atoms with E-state index in [2.05, 4.69) is 30.1 Å². The van der Waals surface area contributed by atoms with Gasteiger partial charge in [-0.2, -0.15) is 0 Å². The molecule has 5 heteroatoms. The van der Waals surface area contributed by atoms with E-state index in [0.29, 0.717) is 12.0 Å². The minimum atomic E-state index is -0.178. The maximum atomic E-state index is 12.3. The van der Waals surface area contributed by atoms with Crippen molar-refractivity contribution in [3.05, 3.63) is 71.5 Å². The van der Waals surface area contributed by atoms with E-state index in [9.17, 15) is 9.18 Å². The van der Waals surface area contributed by atoms with Gasteiger partial charge < -0.3 is 14.5 Å². The zero-order valence-electron chi connectivity index (χ0n) is 16.3. The Kier molecular flexibility index (Phi) is 5.36. The van der Waals surface area contributed by atoms with Gasteiger partial charge in [-0.05, 0) is 49.6 Å². The number of likely N-dealkylation sites (tertiary alicyclic amines) is 1. The van der Waals surface area contributed by atoms with Crippen LogP contribution in [0.15, 0.2) is 54.6 Å². The third-order valence-corrected chi connectivity index (χ3v) is 5.92. The van der Waals surface area contributed by atoms with Crippen molar-refractivity contribution in [3.63, 3.8) is 0 Å². The molecular weight excluding hydrogens is 355 g/mol. The number of rotatable bonds is 1. The highest BCUT2D eigenvalue weighted by Gasteiger charge is 2.52. The van der Waals surface area contributed by atoms with Gasteiger partial charge in [0.05, 0.1) is 0 Å². The second-order valence-electron chi connectivity index (χ2n) is 8.32. The number of hydrogen-bond donors (Lipinski definition) is 0. The number of nitrogens with zero attached hydrogens (tertiary/aromatic N) is 2. The molecule has 1 saturated carbocycles. The first-order valence-electron chi connectivity index (χ1n) is 9.94. The number of carbonyl (C=O) groups is 1. The second kappa shape index (κ2) is 7.92. The minimum Gasteiger partial charge on any atom is -0.446 e. The van der Waals surface area contributed by atoms with Gasteiger partial charge in [0, 0.05) is 31.6 Å². The molecule has 1 aliphatic carbocycles. The van der Waals surface area contributed by atoms with Crippen LogP contribution in [0.25, 0.3) is 0 Å². The molecule has 1 saturated heterocycles. The van der Waals surface area contributed by atoms with Crippen molar-refractivity contribution in [3.8, 4) is 0 Å². The average molecular weight is 382 g/mol. The molecule has 0 bridgehead atoms. The van der Waals surface area contributed by atoms with Crippen molar-refractivity contribution in [1.29, 1.82) is 0 Å². The minimum absolute atomic E-state index is 0.128. The first kappa shape index (κ1) is 18.9. The van der Waals surface area contributed by atoms with Crippen LogP contribution in [0.5, 0.6) is 0 Å². The van der Waals surface area contributed by atoms with Gasteiger partial charge in [0.1, 0.15) is 11.9 Å². The monoisotopic (exact) mass is 382 g/mol. The molecule has 0 atom stereocenters. The highest BCUT2D eigenvalue weighted by Crippen LogP contribution is 2.49. The quantitative estimate of drug-likeness (QED) is 0.744. The summed E-state index contributed by atoms with van der Waals surface area (Å²) in [4.78, 5) is 16.5. The molecule has 1 amide bonds. The van der Waals surface area contributed by atoms with E-state index in [1.807, 2.05) is 11.0 Å². The molecule has 0 aromatic heterocycles. The van der Waals surface area contributed by atoms with Crippen LogP contribution in [0, 0.1) is 11.2 Å². The zero-order chi connectivity index (χ0) is 19.6. The lowest BCUT2D eigenvalue weighted by molar-refractivity contribution is -0.125. The van der Waals surface area contributed by atoms with Crippen LogP contribution in [0.3, 0.4) is 0 Å². The fraction of sp³-hybridized carbons (Fsp3) is 0.435. The molecule has 4 nitrogen and oxygen atoms in total. The van der Waals surface area contributed by atoms with Crippen LogP contribution in [0.2, 0.25) is 0 Å². The zero-order valence-corrected chi connectivity index (χ0v) is 16.3. The standard InChI is InChI=1S/C17H22N2O2.C6H5F/c1-18-11-17(12-18)8-15(9-17)21-16(20)19-7-6-13-4-2-3-5-14(13)10-19;7-6-4-2-1-3-5-6/h2-5,15H,6-12H2,1H3;1-5H. The fourth-order valence-electron chi connectivity index (χ4n) is 4.63. The molecule has 5 rings (SSSR count). The molecular formula is C23H27FN2O2. The summed E-state index contributed by atoms with van der Waals surface area (Å²) >= 11 is 0. The number of carbonyl (C=O) groups excluding carboxylic acids is 1. The van der Waals surface area contributed by atoms with Crippen LogP contribution in [-0.4, -0.2) is 48.7 Å². The van der Waals surface area contributed by atoms with E-state index in [1.165, 1.54) is 23.3 Å². The van der Waals surface area contributed by atoms with E-state index in [4.69, 9.17) is 4.74 Å². The van der Waals surface area contributed by atoms with Gasteiger partial charge in [0.25, 0.3) is 0 Å². The Hall–Kier alpha value is -2.40. The first-order chi connectivity index (χ1) is 13.5. The van der Waals surface area contributed by atoms with Crippen LogP contribution < -0.4 is 0 Å². The van der Waals surface area contributed by atoms with Crippen LogP contribution in [0.4, 0.5) is 9.18 Å². The topological polar surface area (TPSA) is 32.8 Å². The fourth-order valence-corrected chi connectivity index (χ4v) is 4.63. The molecule has 2 aromatic rings. The maximum Gasteiger partial charge on any atom is 0.410 e. The lowest BCUT2D eigenvalue weighted by atomic mass is 9.62. The Morgan fingerprint density at radius 3 is 2.29 bits per heavy atom. The SMILES string of the molecule is CN1CC2(CC(OC(=O)N3CCc4ccccc4C3)C2)C1.Fc1ccccc1. The molecule has 3 aliphatic rings. The predicted octanol–water partition coefficient (Wildman–Crippen LogP) is 4.10. The van der Waals surface area contributed by atoms with E-state index >= 15 is 0 Å². The van der Waals surface area contributed by atoms with Crippen molar-refractivity contribution in [2.24, 2.45) is 5.41 Å². The normalized spacial score (nSPS) is 20.3. The van der Waals surface area contributed by atoms with Gasteiger partial charge in [-0.3, -0.25) is 0 Å². The second-order valence-corrected chi connectivity index (χ2v) is 8.32. The van der Waals surface area contributed by atoms with E-state index in [-0.39, 0.29) is 18.0 Å². The Morgan fingerprint density at radius 1 is 1.04 bits per heavy atom.